The van der Waals surface area contributed by atoms with Crippen LogP contribution in [0.2, 0.25) is 5.15 Å². The fourth-order valence-corrected chi connectivity index (χ4v) is 4.94. The number of para-hydroxylation sites is 1. The zero-order valence-electron chi connectivity index (χ0n) is 15.2. The number of benzene rings is 2. The highest BCUT2D eigenvalue weighted by molar-refractivity contribution is 8.00. The van der Waals surface area contributed by atoms with Crippen molar-refractivity contribution in [3.63, 3.8) is 0 Å². The summed E-state index contributed by atoms with van der Waals surface area (Å²) in [7, 11) is 0. The number of thioether (sulfide) groups is 1. The van der Waals surface area contributed by atoms with Crippen LogP contribution in [0.1, 0.15) is 16.8 Å². The van der Waals surface area contributed by atoms with Crippen molar-refractivity contribution in [2.24, 2.45) is 0 Å². The molecule has 0 saturated carbocycles. The fraction of sp³-hybridized carbons (Fsp3) is 0.150. The first kappa shape index (κ1) is 19.0. The van der Waals surface area contributed by atoms with Gasteiger partial charge in [0.25, 0.3) is 0 Å². The average molecular weight is 428 g/mol. The Bertz CT molecular complexity index is 1050. The number of aryl methyl sites for hydroxylation is 1. The van der Waals surface area contributed by atoms with Crippen LogP contribution in [0.4, 0.5) is 5.13 Å². The maximum Gasteiger partial charge on any atom is 0.206 e. The average Bonchev–Trinajstić information content (AvgIpc) is 3.30. The van der Waals surface area contributed by atoms with Crippen molar-refractivity contribution in [1.82, 2.24) is 20.0 Å². The quantitative estimate of drug-likeness (QED) is 0.389. The van der Waals surface area contributed by atoms with Gasteiger partial charge in [-0.15, -0.1) is 10.2 Å². The first-order chi connectivity index (χ1) is 13.7. The standard InChI is InChI=1S/C20H18ClN5S2/c1-14-17(18(21)26(25-14)16-10-6-3-7-11-16)13-27-20-24-23-19(28-20)22-12-15-8-4-2-5-9-15/h2-11H,12-13H2,1H3,(H,22,23). The van der Waals surface area contributed by atoms with E-state index in [0.717, 1.165) is 33.0 Å². The lowest BCUT2D eigenvalue weighted by molar-refractivity contribution is 0.863. The Morgan fingerprint density at radius 1 is 1.04 bits per heavy atom. The summed E-state index contributed by atoms with van der Waals surface area (Å²) in [6.45, 7) is 2.71. The lowest BCUT2D eigenvalue weighted by Crippen LogP contribution is -1.98. The maximum absolute atomic E-state index is 6.60. The molecule has 0 amide bonds. The van der Waals surface area contributed by atoms with Crippen molar-refractivity contribution in [2.75, 3.05) is 5.32 Å². The molecule has 2 heterocycles. The van der Waals surface area contributed by atoms with Crippen LogP contribution in [-0.2, 0) is 12.3 Å². The second-order valence-corrected chi connectivity index (χ2v) is 8.66. The molecule has 0 aliphatic carbocycles. The monoisotopic (exact) mass is 427 g/mol. The normalized spacial score (nSPS) is 10.9. The van der Waals surface area contributed by atoms with Crippen LogP contribution in [0.25, 0.3) is 5.69 Å². The van der Waals surface area contributed by atoms with Gasteiger partial charge in [0.2, 0.25) is 5.13 Å². The molecule has 8 heteroatoms. The van der Waals surface area contributed by atoms with Crippen LogP contribution < -0.4 is 5.32 Å². The van der Waals surface area contributed by atoms with Gasteiger partial charge in [0, 0.05) is 17.9 Å². The molecule has 0 saturated heterocycles. The van der Waals surface area contributed by atoms with E-state index in [2.05, 4.69) is 32.7 Å². The lowest BCUT2D eigenvalue weighted by atomic mass is 10.2. The van der Waals surface area contributed by atoms with Crippen molar-refractivity contribution in [1.29, 1.82) is 0 Å². The Kier molecular flexibility index (Phi) is 5.95. The molecular weight excluding hydrogens is 410 g/mol. The third-order valence-corrected chi connectivity index (χ3v) is 6.58. The second kappa shape index (κ2) is 8.77. The van der Waals surface area contributed by atoms with Crippen molar-refractivity contribution in [3.05, 3.63) is 82.6 Å². The van der Waals surface area contributed by atoms with E-state index in [9.17, 15) is 0 Å². The van der Waals surface area contributed by atoms with Crippen molar-refractivity contribution in [2.45, 2.75) is 23.6 Å². The topological polar surface area (TPSA) is 55.6 Å². The Labute approximate surface area is 176 Å². The van der Waals surface area contributed by atoms with Gasteiger partial charge in [-0.3, -0.25) is 0 Å². The highest BCUT2D eigenvalue weighted by Crippen LogP contribution is 2.32. The first-order valence-electron chi connectivity index (χ1n) is 8.74. The molecule has 4 rings (SSSR count). The van der Waals surface area contributed by atoms with Gasteiger partial charge in [-0.1, -0.05) is 83.2 Å². The highest BCUT2D eigenvalue weighted by atomic mass is 35.5. The van der Waals surface area contributed by atoms with Crippen LogP contribution in [0.5, 0.6) is 0 Å². The van der Waals surface area contributed by atoms with Gasteiger partial charge in [0.15, 0.2) is 4.34 Å². The second-order valence-electron chi connectivity index (χ2n) is 6.10. The van der Waals surface area contributed by atoms with Gasteiger partial charge in [-0.25, -0.2) is 4.68 Å². The summed E-state index contributed by atoms with van der Waals surface area (Å²) >= 11 is 9.76. The van der Waals surface area contributed by atoms with Crippen LogP contribution in [0.3, 0.4) is 0 Å². The molecule has 0 bridgehead atoms. The smallest absolute Gasteiger partial charge is 0.206 e. The summed E-state index contributed by atoms with van der Waals surface area (Å²) in [5.41, 5.74) is 4.11. The molecule has 0 spiro atoms. The molecule has 0 fully saturated rings. The summed E-state index contributed by atoms with van der Waals surface area (Å²) in [4.78, 5) is 0. The molecule has 0 aliphatic rings. The molecule has 0 aliphatic heterocycles. The minimum atomic E-state index is 0.642. The predicted molar refractivity (Wildman–Crippen MR) is 117 cm³/mol. The Hall–Kier alpha value is -2.35. The Balaban J connectivity index is 1.40. The molecular formula is C20H18ClN5S2. The number of rotatable bonds is 7. The van der Waals surface area contributed by atoms with E-state index in [-0.39, 0.29) is 0 Å². The van der Waals surface area contributed by atoms with Gasteiger partial charge >= 0.3 is 0 Å². The number of nitrogens with zero attached hydrogens (tertiary/aromatic N) is 4. The van der Waals surface area contributed by atoms with E-state index in [1.54, 1.807) is 27.8 Å². The molecule has 1 N–H and O–H groups in total. The molecule has 0 atom stereocenters. The Morgan fingerprint density at radius 3 is 2.50 bits per heavy atom. The summed E-state index contributed by atoms with van der Waals surface area (Å²) in [6.07, 6.45) is 0. The van der Waals surface area contributed by atoms with E-state index in [0.29, 0.717) is 10.9 Å². The molecule has 5 nitrogen and oxygen atoms in total. The number of nitrogens with one attached hydrogen (secondary N) is 1. The van der Waals surface area contributed by atoms with E-state index in [1.807, 2.05) is 55.5 Å². The molecule has 4 aromatic rings. The summed E-state index contributed by atoms with van der Waals surface area (Å²) < 4.78 is 2.68. The summed E-state index contributed by atoms with van der Waals surface area (Å²) in [5.74, 6) is 0.699. The molecule has 142 valence electrons. The van der Waals surface area contributed by atoms with Crippen molar-refractivity contribution in [3.8, 4) is 5.69 Å². The van der Waals surface area contributed by atoms with Crippen LogP contribution in [0.15, 0.2) is 65.0 Å². The van der Waals surface area contributed by atoms with E-state index in [4.69, 9.17) is 11.6 Å². The maximum atomic E-state index is 6.60. The lowest BCUT2D eigenvalue weighted by Gasteiger charge is -2.03. The number of aromatic nitrogens is 4. The number of hydrogen-bond donors (Lipinski definition) is 1. The zero-order valence-corrected chi connectivity index (χ0v) is 17.6. The van der Waals surface area contributed by atoms with Crippen molar-refractivity contribution < 1.29 is 0 Å². The SMILES string of the molecule is Cc1nn(-c2ccccc2)c(Cl)c1CSc1nnc(NCc2ccccc2)s1. The third kappa shape index (κ3) is 4.38. The summed E-state index contributed by atoms with van der Waals surface area (Å²) in [5, 5.41) is 17.9. The molecule has 0 radical (unpaired) electrons. The molecule has 2 aromatic carbocycles. The number of anilines is 1. The fourth-order valence-electron chi connectivity index (χ4n) is 2.68. The van der Waals surface area contributed by atoms with Crippen LogP contribution in [0, 0.1) is 6.92 Å². The molecule has 0 unspecified atom stereocenters. The third-order valence-electron chi connectivity index (χ3n) is 4.16. The zero-order chi connectivity index (χ0) is 19.3. The minimum Gasteiger partial charge on any atom is -0.356 e. The van der Waals surface area contributed by atoms with Gasteiger partial charge < -0.3 is 5.32 Å². The number of hydrogen-bond acceptors (Lipinski definition) is 6. The predicted octanol–water partition coefficient (Wildman–Crippen LogP) is 5.59. The van der Waals surface area contributed by atoms with Gasteiger partial charge in [-0.05, 0) is 24.6 Å². The van der Waals surface area contributed by atoms with Crippen molar-refractivity contribution >= 4 is 39.8 Å². The van der Waals surface area contributed by atoms with Gasteiger partial charge in [0.1, 0.15) is 5.15 Å². The van der Waals surface area contributed by atoms with E-state index in [1.165, 1.54) is 5.56 Å². The number of halogens is 1. The minimum absolute atomic E-state index is 0.642. The largest absolute Gasteiger partial charge is 0.356 e. The summed E-state index contributed by atoms with van der Waals surface area (Å²) in [6, 6.07) is 20.1. The van der Waals surface area contributed by atoms with Crippen LogP contribution >= 0.6 is 34.7 Å². The first-order valence-corrected chi connectivity index (χ1v) is 10.9. The van der Waals surface area contributed by atoms with Gasteiger partial charge in [-0.2, -0.15) is 5.10 Å². The highest BCUT2D eigenvalue weighted by Gasteiger charge is 2.16. The molecule has 2 aromatic heterocycles. The van der Waals surface area contributed by atoms with Gasteiger partial charge in [0.05, 0.1) is 11.4 Å². The van der Waals surface area contributed by atoms with E-state index < -0.39 is 0 Å². The Morgan fingerprint density at radius 2 is 1.75 bits per heavy atom. The molecule has 28 heavy (non-hydrogen) atoms. The van der Waals surface area contributed by atoms with Crippen LogP contribution in [-0.4, -0.2) is 20.0 Å². The van der Waals surface area contributed by atoms with E-state index >= 15 is 0 Å².